The Morgan fingerprint density at radius 2 is 1.93 bits per heavy atom. The highest BCUT2D eigenvalue weighted by atomic mass is 15.3. The zero-order valence-electron chi connectivity index (χ0n) is 8.65. The van der Waals surface area contributed by atoms with Crippen molar-refractivity contribution in [1.82, 2.24) is 14.8 Å². The quantitative estimate of drug-likeness (QED) is 0.685. The van der Waals surface area contributed by atoms with Crippen LogP contribution in [-0.4, -0.2) is 14.8 Å². The van der Waals surface area contributed by atoms with Crippen molar-refractivity contribution in [3.05, 3.63) is 41.5 Å². The molecule has 1 aromatic carbocycles. The van der Waals surface area contributed by atoms with Gasteiger partial charge in [0.2, 0.25) is 0 Å². The van der Waals surface area contributed by atoms with Crippen LogP contribution >= 0.6 is 0 Å². The van der Waals surface area contributed by atoms with Crippen LogP contribution < -0.4 is 0 Å². The van der Waals surface area contributed by atoms with Crippen LogP contribution in [0.2, 0.25) is 0 Å². The van der Waals surface area contributed by atoms with E-state index < -0.39 is 0 Å². The minimum atomic E-state index is 0.914. The average Bonchev–Trinajstić information content (AvgIpc) is 2.52. The number of rotatable bonds is 1. The highest BCUT2D eigenvalue weighted by Crippen LogP contribution is 2.15. The summed E-state index contributed by atoms with van der Waals surface area (Å²) in [6.07, 6.45) is 1.58. The number of nitrogens with zero attached hydrogens (tertiary/aromatic N) is 3. The third-order valence-electron chi connectivity index (χ3n) is 2.30. The normalized spacial score (nSPS) is 10.5. The maximum Gasteiger partial charge on any atom is 0.138 e. The molecule has 1 heterocycles. The Bertz CT molecular complexity index is 457. The molecule has 0 aliphatic heterocycles. The molecule has 2 aromatic rings. The number of aromatic nitrogens is 3. The van der Waals surface area contributed by atoms with Gasteiger partial charge in [-0.2, -0.15) is 5.10 Å². The number of aryl methyl sites for hydroxylation is 3. The van der Waals surface area contributed by atoms with Gasteiger partial charge in [-0.1, -0.05) is 17.7 Å². The zero-order valence-corrected chi connectivity index (χ0v) is 8.65. The van der Waals surface area contributed by atoms with Gasteiger partial charge in [0, 0.05) is 0 Å². The van der Waals surface area contributed by atoms with Gasteiger partial charge in [0.1, 0.15) is 12.2 Å². The summed E-state index contributed by atoms with van der Waals surface area (Å²) in [6, 6.07) is 6.31. The fraction of sp³-hybridized carbons (Fsp3) is 0.273. The second-order valence-corrected chi connectivity index (χ2v) is 3.51. The second kappa shape index (κ2) is 3.25. The first kappa shape index (κ1) is 8.94. The van der Waals surface area contributed by atoms with Gasteiger partial charge in [-0.15, -0.1) is 0 Å². The highest BCUT2D eigenvalue weighted by molar-refractivity contribution is 5.42. The molecule has 0 saturated heterocycles. The van der Waals surface area contributed by atoms with E-state index in [4.69, 9.17) is 0 Å². The van der Waals surface area contributed by atoms with Gasteiger partial charge < -0.3 is 0 Å². The van der Waals surface area contributed by atoms with Gasteiger partial charge in [-0.3, -0.25) is 0 Å². The summed E-state index contributed by atoms with van der Waals surface area (Å²) in [4.78, 5) is 4.11. The molecule has 0 aliphatic carbocycles. The van der Waals surface area contributed by atoms with Crippen LogP contribution in [0, 0.1) is 20.8 Å². The van der Waals surface area contributed by atoms with E-state index in [1.165, 1.54) is 11.1 Å². The molecule has 2 rings (SSSR count). The Kier molecular flexibility index (Phi) is 2.08. The lowest BCUT2D eigenvalue weighted by Gasteiger charge is -2.07. The van der Waals surface area contributed by atoms with Crippen LogP contribution in [0.4, 0.5) is 0 Å². The maximum atomic E-state index is 4.18. The summed E-state index contributed by atoms with van der Waals surface area (Å²) in [5.41, 5.74) is 3.59. The van der Waals surface area contributed by atoms with E-state index in [2.05, 4.69) is 42.1 Å². The van der Waals surface area contributed by atoms with E-state index in [1.54, 1.807) is 6.33 Å². The number of hydrogen-bond donors (Lipinski definition) is 0. The predicted molar refractivity (Wildman–Crippen MR) is 55.6 cm³/mol. The van der Waals surface area contributed by atoms with Crippen molar-refractivity contribution >= 4 is 0 Å². The van der Waals surface area contributed by atoms with Gasteiger partial charge in [0.05, 0.1) is 5.69 Å². The fourth-order valence-electron chi connectivity index (χ4n) is 1.58. The maximum absolute atomic E-state index is 4.18. The lowest BCUT2D eigenvalue weighted by molar-refractivity contribution is 0.833. The Morgan fingerprint density at radius 3 is 2.50 bits per heavy atom. The van der Waals surface area contributed by atoms with Crippen molar-refractivity contribution < 1.29 is 0 Å². The molecule has 0 N–H and O–H groups in total. The third-order valence-corrected chi connectivity index (χ3v) is 2.30. The highest BCUT2D eigenvalue weighted by Gasteiger charge is 2.04. The van der Waals surface area contributed by atoms with Gasteiger partial charge >= 0.3 is 0 Å². The number of benzene rings is 1. The molecule has 72 valence electrons. The topological polar surface area (TPSA) is 30.7 Å². The molecule has 14 heavy (non-hydrogen) atoms. The first-order chi connectivity index (χ1) is 6.68. The summed E-state index contributed by atoms with van der Waals surface area (Å²) in [5.74, 6) is 0.914. The van der Waals surface area contributed by atoms with E-state index in [0.717, 1.165) is 11.5 Å². The molecule has 0 atom stereocenters. The monoisotopic (exact) mass is 187 g/mol. The molecule has 1 aromatic heterocycles. The molecule has 0 unspecified atom stereocenters. The molecule has 0 saturated carbocycles. The van der Waals surface area contributed by atoms with Crippen molar-refractivity contribution in [1.29, 1.82) is 0 Å². The van der Waals surface area contributed by atoms with Crippen molar-refractivity contribution in [2.75, 3.05) is 0 Å². The van der Waals surface area contributed by atoms with Crippen molar-refractivity contribution in [3.8, 4) is 5.69 Å². The largest absolute Gasteiger partial charge is 0.220 e. The molecular formula is C11H13N3. The van der Waals surface area contributed by atoms with Gasteiger partial charge in [-0.25, -0.2) is 9.67 Å². The molecule has 0 bridgehead atoms. The summed E-state index contributed by atoms with van der Waals surface area (Å²) in [5, 5.41) is 4.18. The summed E-state index contributed by atoms with van der Waals surface area (Å²) in [6.45, 7) is 6.13. The first-order valence-electron chi connectivity index (χ1n) is 4.63. The van der Waals surface area contributed by atoms with Crippen molar-refractivity contribution in [2.45, 2.75) is 20.8 Å². The van der Waals surface area contributed by atoms with Crippen LogP contribution in [0.25, 0.3) is 5.69 Å². The first-order valence-corrected chi connectivity index (χ1v) is 4.63. The van der Waals surface area contributed by atoms with Crippen LogP contribution in [-0.2, 0) is 0 Å². The molecule has 0 aliphatic rings. The molecule has 3 heteroatoms. The molecule has 3 nitrogen and oxygen atoms in total. The van der Waals surface area contributed by atoms with Gasteiger partial charge in [0.25, 0.3) is 0 Å². The van der Waals surface area contributed by atoms with Crippen LogP contribution in [0.3, 0.4) is 0 Å². The van der Waals surface area contributed by atoms with Gasteiger partial charge in [-0.05, 0) is 32.4 Å². The van der Waals surface area contributed by atoms with Crippen LogP contribution in [0.15, 0.2) is 24.5 Å². The van der Waals surface area contributed by atoms with Crippen molar-refractivity contribution in [3.63, 3.8) is 0 Å². The van der Waals surface area contributed by atoms with E-state index >= 15 is 0 Å². The van der Waals surface area contributed by atoms with E-state index in [9.17, 15) is 0 Å². The second-order valence-electron chi connectivity index (χ2n) is 3.51. The minimum absolute atomic E-state index is 0.914. The minimum Gasteiger partial charge on any atom is -0.220 e. The third kappa shape index (κ3) is 1.41. The Labute approximate surface area is 83.4 Å². The van der Waals surface area contributed by atoms with E-state index in [-0.39, 0.29) is 0 Å². The smallest absolute Gasteiger partial charge is 0.138 e. The summed E-state index contributed by atoms with van der Waals surface area (Å²) >= 11 is 0. The average molecular weight is 187 g/mol. The van der Waals surface area contributed by atoms with Crippen molar-refractivity contribution in [2.24, 2.45) is 0 Å². The standard InChI is InChI=1S/C11H13N3/c1-8-4-5-11(9(2)6-8)14-10(3)12-7-13-14/h4-7H,1-3H3. The summed E-state index contributed by atoms with van der Waals surface area (Å²) in [7, 11) is 0. The molecular weight excluding hydrogens is 174 g/mol. The fourth-order valence-corrected chi connectivity index (χ4v) is 1.58. The number of hydrogen-bond acceptors (Lipinski definition) is 2. The zero-order chi connectivity index (χ0) is 10.1. The lowest BCUT2D eigenvalue weighted by Crippen LogP contribution is -2.01. The van der Waals surface area contributed by atoms with E-state index in [1.807, 2.05) is 11.6 Å². The molecule has 0 fully saturated rings. The molecule has 0 spiro atoms. The lowest BCUT2D eigenvalue weighted by atomic mass is 10.1. The van der Waals surface area contributed by atoms with Crippen LogP contribution in [0.5, 0.6) is 0 Å². The Hall–Kier alpha value is -1.64. The van der Waals surface area contributed by atoms with Crippen LogP contribution in [0.1, 0.15) is 17.0 Å². The predicted octanol–water partition coefficient (Wildman–Crippen LogP) is 2.19. The molecule has 0 amide bonds. The summed E-state index contributed by atoms with van der Waals surface area (Å²) < 4.78 is 1.86. The molecule has 0 radical (unpaired) electrons. The Balaban J connectivity index is 2.58. The van der Waals surface area contributed by atoms with Gasteiger partial charge in [0.15, 0.2) is 0 Å². The SMILES string of the molecule is Cc1ccc(-n2ncnc2C)c(C)c1. The Morgan fingerprint density at radius 1 is 1.14 bits per heavy atom. The van der Waals surface area contributed by atoms with E-state index in [0.29, 0.717) is 0 Å².